The van der Waals surface area contributed by atoms with Gasteiger partial charge in [-0.2, -0.15) is 0 Å². The van der Waals surface area contributed by atoms with Crippen LogP contribution in [0.1, 0.15) is 53.1 Å². The van der Waals surface area contributed by atoms with E-state index in [2.05, 4.69) is 21.3 Å². The molecule has 0 aliphatic heterocycles. The first-order valence-corrected chi connectivity index (χ1v) is 11.2. The molecule has 0 radical (unpaired) electrons. The van der Waals surface area contributed by atoms with E-state index in [4.69, 9.17) is 0 Å². The molecule has 0 saturated carbocycles. The van der Waals surface area contributed by atoms with Crippen molar-refractivity contribution in [2.45, 2.75) is 32.9 Å². The molecule has 0 fully saturated rings. The van der Waals surface area contributed by atoms with Crippen LogP contribution in [0.15, 0.2) is 78.9 Å². The first kappa shape index (κ1) is 24.5. The van der Waals surface area contributed by atoms with Crippen molar-refractivity contribution < 1.29 is 14.4 Å². The largest absolute Gasteiger partial charge is 0.376 e. The molecule has 0 bridgehead atoms. The van der Waals surface area contributed by atoms with Crippen LogP contribution in [0.4, 0.5) is 11.4 Å². The number of carbonyl (C=O) groups excluding carboxylic acids is 3. The van der Waals surface area contributed by atoms with Crippen molar-refractivity contribution in [3.8, 4) is 0 Å². The Morgan fingerprint density at radius 3 is 2.06 bits per heavy atom. The minimum absolute atomic E-state index is 0.0288. The van der Waals surface area contributed by atoms with E-state index in [1.54, 1.807) is 48.5 Å². The molecule has 1 atom stereocenters. The van der Waals surface area contributed by atoms with Gasteiger partial charge in [0.05, 0.1) is 12.6 Å². The van der Waals surface area contributed by atoms with Gasteiger partial charge in [0.2, 0.25) is 5.91 Å². The van der Waals surface area contributed by atoms with Gasteiger partial charge in [0.15, 0.2) is 0 Å². The fraction of sp³-hybridized carbons (Fsp3) is 0.222. The quantitative estimate of drug-likeness (QED) is 0.383. The van der Waals surface area contributed by atoms with E-state index >= 15 is 0 Å². The van der Waals surface area contributed by atoms with Crippen molar-refractivity contribution in [3.05, 3.63) is 95.6 Å². The van der Waals surface area contributed by atoms with E-state index in [1.165, 1.54) is 0 Å². The molecular weight excluding hydrogens is 428 g/mol. The Hall–Kier alpha value is -4.13. The third-order valence-electron chi connectivity index (χ3n) is 5.08. The zero-order valence-corrected chi connectivity index (χ0v) is 19.6. The van der Waals surface area contributed by atoms with Gasteiger partial charge in [-0.3, -0.25) is 14.4 Å². The van der Waals surface area contributed by atoms with Gasteiger partial charge >= 0.3 is 0 Å². The number of hydrogen-bond donors (Lipinski definition) is 4. The van der Waals surface area contributed by atoms with Gasteiger partial charge in [-0.1, -0.05) is 36.4 Å². The predicted octanol–water partition coefficient (Wildman–Crippen LogP) is 4.37. The molecule has 0 aromatic heterocycles. The maximum atomic E-state index is 12.6. The van der Waals surface area contributed by atoms with Crippen molar-refractivity contribution >= 4 is 29.1 Å². The van der Waals surface area contributed by atoms with Crippen molar-refractivity contribution in [3.63, 3.8) is 0 Å². The highest BCUT2D eigenvalue weighted by Crippen LogP contribution is 2.15. The van der Waals surface area contributed by atoms with Crippen molar-refractivity contribution in [1.29, 1.82) is 0 Å². The summed E-state index contributed by atoms with van der Waals surface area (Å²) in [5.41, 5.74) is 3.31. The molecule has 176 valence electrons. The van der Waals surface area contributed by atoms with Gasteiger partial charge in [-0.15, -0.1) is 0 Å². The summed E-state index contributed by atoms with van der Waals surface area (Å²) in [6.45, 7) is 5.75. The van der Waals surface area contributed by atoms with E-state index in [-0.39, 0.29) is 36.3 Å². The first-order chi connectivity index (χ1) is 16.3. The Morgan fingerprint density at radius 2 is 1.38 bits per heavy atom. The molecule has 0 aliphatic rings. The molecule has 0 aliphatic carbocycles. The highest BCUT2D eigenvalue weighted by atomic mass is 16.2. The molecule has 0 spiro atoms. The highest BCUT2D eigenvalue weighted by Gasteiger charge is 2.12. The number of carbonyl (C=O) groups is 3. The number of hydrogen-bond acceptors (Lipinski definition) is 4. The summed E-state index contributed by atoms with van der Waals surface area (Å²) in [5, 5.41) is 11.6. The second kappa shape index (κ2) is 11.7. The molecule has 0 saturated heterocycles. The third-order valence-corrected chi connectivity index (χ3v) is 5.08. The summed E-state index contributed by atoms with van der Waals surface area (Å²) in [4.78, 5) is 37.0. The Bertz CT molecular complexity index is 1130. The maximum Gasteiger partial charge on any atom is 0.251 e. The van der Waals surface area contributed by atoms with Gasteiger partial charge in [0.1, 0.15) is 0 Å². The topological polar surface area (TPSA) is 99.3 Å². The standard InChI is InChI=1S/C27H30N4O3/c1-18(2)29-26(33)21-12-14-23(15-13-21)31-25(32)17-28-24-11-7-10-22(16-24)27(34)30-19(3)20-8-5-4-6-9-20/h4-16,18-19,28H,17H2,1-3H3,(H,29,33)(H,30,34)(H,31,32). The van der Waals surface area contributed by atoms with E-state index < -0.39 is 0 Å². The van der Waals surface area contributed by atoms with Crippen LogP contribution in [-0.4, -0.2) is 30.3 Å². The lowest BCUT2D eigenvalue weighted by atomic mass is 10.1. The maximum absolute atomic E-state index is 12.6. The lowest BCUT2D eigenvalue weighted by molar-refractivity contribution is -0.114. The van der Waals surface area contributed by atoms with Gasteiger partial charge < -0.3 is 21.3 Å². The average Bonchev–Trinajstić information content (AvgIpc) is 2.83. The molecule has 7 heteroatoms. The summed E-state index contributed by atoms with van der Waals surface area (Å²) in [6, 6.07) is 23.4. The second-order valence-electron chi connectivity index (χ2n) is 8.29. The van der Waals surface area contributed by atoms with Gasteiger partial charge in [-0.05, 0) is 68.8 Å². The zero-order valence-electron chi connectivity index (χ0n) is 19.6. The van der Waals surface area contributed by atoms with E-state index in [0.29, 0.717) is 22.5 Å². The molecular formula is C27H30N4O3. The van der Waals surface area contributed by atoms with Crippen molar-refractivity contribution in [2.24, 2.45) is 0 Å². The SMILES string of the molecule is CC(C)NC(=O)c1ccc(NC(=O)CNc2cccc(C(=O)NC(C)c3ccccc3)c2)cc1. The minimum atomic E-state index is -0.244. The van der Waals surface area contributed by atoms with Gasteiger partial charge in [0, 0.05) is 28.5 Å². The molecule has 3 amide bonds. The van der Waals surface area contributed by atoms with Gasteiger partial charge in [-0.25, -0.2) is 0 Å². The van der Waals surface area contributed by atoms with Crippen LogP contribution in [0, 0.1) is 0 Å². The zero-order chi connectivity index (χ0) is 24.5. The Labute approximate surface area is 200 Å². The first-order valence-electron chi connectivity index (χ1n) is 11.2. The highest BCUT2D eigenvalue weighted by molar-refractivity contribution is 5.97. The number of nitrogens with one attached hydrogen (secondary N) is 4. The van der Waals surface area contributed by atoms with Crippen molar-refractivity contribution in [1.82, 2.24) is 10.6 Å². The lowest BCUT2D eigenvalue weighted by Gasteiger charge is -2.15. The molecule has 4 N–H and O–H groups in total. The molecule has 7 nitrogen and oxygen atoms in total. The summed E-state index contributed by atoms with van der Waals surface area (Å²) < 4.78 is 0. The summed E-state index contributed by atoms with van der Waals surface area (Å²) in [5.74, 6) is -0.588. The Morgan fingerprint density at radius 1 is 0.706 bits per heavy atom. The Kier molecular flexibility index (Phi) is 8.40. The van der Waals surface area contributed by atoms with Crippen LogP contribution in [0.25, 0.3) is 0 Å². The smallest absolute Gasteiger partial charge is 0.251 e. The van der Waals surface area contributed by atoms with Crippen LogP contribution in [0.2, 0.25) is 0 Å². The Balaban J connectivity index is 1.51. The summed E-state index contributed by atoms with van der Waals surface area (Å²) >= 11 is 0. The van der Waals surface area contributed by atoms with Crippen LogP contribution in [0.3, 0.4) is 0 Å². The number of anilines is 2. The molecule has 34 heavy (non-hydrogen) atoms. The third kappa shape index (κ3) is 7.20. The number of benzene rings is 3. The summed E-state index contributed by atoms with van der Waals surface area (Å²) in [7, 11) is 0. The molecule has 3 rings (SSSR count). The molecule has 3 aromatic carbocycles. The summed E-state index contributed by atoms with van der Waals surface area (Å²) in [6.07, 6.45) is 0. The fourth-order valence-corrected chi connectivity index (χ4v) is 3.31. The average molecular weight is 459 g/mol. The monoisotopic (exact) mass is 458 g/mol. The van der Waals surface area contributed by atoms with E-state index in [9.17, 15) is 14.4 Å². The molecule has 0 heterocycles. The molecule has 3 aromatic rings. The van der Waals surface area contributed by atoms with Crippen LogP contribution in [0.5, 0.6) is 0 Å². The van der Waals surface area contributed by atoms with Crippen LogP contribution in [-0.2, 0) is 4.79 Å². The van der Waals surface area contributed by atoms with Crippen molar-refractivity contribution in [2.75, 3.05) is 17.2 Å². The van der Waals surface area contributed by atoms with E-state index in [0.717, 1.165) is 5.56 Å². The number of amides is 3. The fourth-order valence-electron chi connectivity index (χ4n) is 3.31. The van der Waals surface area contributed by atoms with Gasteiger partial charge in [0.25, 0.3) is 11.8 Å². The molecule has 1 unspecified atom stereocenters. The predicted molar refractivity (Wildman–Crippen MR) is 135 cm³/mol. The van der Waals surface area contributed by atoms with Crippen LogP contribution >= 0.6 is 0 Å². The van der Waals surface area contributed by atoms with Crippen LogP contribution < -0.4 is 21.3 Å². The lowest BCUT2D eigenvalue weighted by Crippen LogP contribution is -2.30. The minimum Gasteiger partial charge on any atom is -0.376 e. The number of rotatable bonds is 9. The second-order valence-corrected chi connectivity index (χ2v) is 8.29. The van der Waals surface area contributed by atoms with E-state index in [1.807, 2.05) is 51.1 Å². The normalized spacial score (nSPS) is 11.4.